The van der Waals surface area contributed by atoms with Crippen LogP contribution in [0.3, 0.4) is 0 Å². The van der Waals surface area contributed by atoms with Crippen LogP contribution in [0.5, 0.6) is 0 Å². The van der Waals surface area contributed by atoms with Gasteiger partial charge in [-0.15, -0.1) is 0 Å². The van der Waals surface area contributed by atoms with Crippen molar-refractivity contribution >= 4 is 40.2 Å². The van der Waals surface area contributed by atoms with E-state index < -0.39 is 17.4 Å². The third-order valence-corrected chi connectivity index (χ3v) is 5.11. The van der Waals surface area contributed by atoms with Gasteiger partial charge in [0.25, 0.3) is 0 Å². The molecule has 0 aromatic carbocycles. The Morgan fingerprint density at radius 2 is 2.04 bits per heavy atom. The summed E-state index contributed by atoms with van der Waals surface area (Å²) in [5, 5.41) is 1.02. The lowest BCUT2D eigenvalue weighted by Gasteiger charge is -2.31. The molecule has 1 aromatic heterocycles. The summed E-state index contributed by atoms with van der Waals surface area (Å²) in [5.74, 6) is -0.417. The number of pyridine rings is 1. The second-order valence-electron chi connectivity index (χ2n) is 7.09. The molecule has 0 saturated heterocycles. The van der Waals surface area contributed by atoms with Crippen LogP contribution in [0, 0.1) is 5.92 Å². The SMILES string of the molecule is CCC(C)C=C(C)C=Cc1cc2c(cn1)=C(OC)C(C)(OC(C)=O)C(=O)C=2Cl. The Morgan fingerprint density at radius 3 is 2.61 bits per heavy atom. The molecule has 150 valence electrons. The minimum Gasteiger partial charge on any atom is -0.496 e. The van der Waals surface area contributed by atoms with E-state index in [9.17, 15) is 9.59 Å². The first-order valence-corrected chi connectivity index (χ1v) is 9.57. The quantitative estimate of drug-likeness (QED) is 0.539. The maximum Gasteiger partial charge on any atom is 0.304 e. The predicted octanol–water partition coefficient (Wildman–Crippen LogP) is 3.09. The van der Waals surface area contributed by atoms with Crippen LogP contribution in [0.4, 0.5) is 0 Å². The number of esters is 1. The molecular formula is C22H26ClNO4. The summed E-state index contributed by atoms with van der Waals surface area (Å²) in [6.07, 6.45) is 8.70. The Bertz CT molecular complexity index is 977. The van der Waals surface area contributed by atoms with Gasteiger partial charge in [-0.1, -0.05) is 49.6 Å². The molecule has 0 radical (unpaired) electrons. The maximum absolute atomic E-state index is 12.9. The summed E-state index contributed by atoms with van der Waals surface area (Å²) in [4.78, 5) is 28.8. The highest BCUT2D eigenvalue weighted by Gasteiger charge is 2.46. The number of aromatic nitrogens is 1. The van der Waals surface area contributed by atoms with Gasteiger partial charge in [0.2, 0.25) is 11.4 Å². The lowest BCUT2D eigenvalue weighted by atomic mass is 9.90. The number of allylic oxidation sites excluding steroid dienone is 3. The van der Waals surface area contributed by atoms with Crippen LogP contribution in [0.15, 0.2) is 30.0 Å². The van der Waals surface area contributed by atoms with E-state index in [2.05, 4.69) is 24.9 Å². The van der Waals surface area contributed by atoms with Crippen LogP contribution in [-0.4, -0.2) is 29.4 Å². The Balaban J connectivity index is 2.59. The first kappa shape index (κ1) is 21.9. The monoisotopic (exact) mass is 403 g/mol. The molecular weight excluding hydrogens is 378 g/mol. The smallest absolute Gasteiger partial charge is 0.304 e. The number of hydrogen-bond donors (Lipinski definition) is 0. The van der Waals surface area contributed by atoms with Crippen LogP contribution in [0.2, 0.25) is 0 Å². The van der Waals surface area contributed by atoms with Crippen LogP contribution in [-0.2, 0) is 19.1 Å². The Kier molecular flexibility index (Phi) is 6.83. The van der Waals surface area contributed by atoms with Crippen LogP contribution in [0.1, 0.15) is 46.7 Å². The molecule has 1 aliphatic carbocycles. The highest BCUT2D eigenvalue weighted by atomic mass is 35.5. The normalized spacial score (nSPS) is 21.0. The van der Waals surface area contributed by atoms with Crippen molar-refractivity contribution < 1.29 is 19.1 Å². The second kappa shape index (κ2) is 8.74. The molecule has 0 aliphatic heterocycles. The highest BCUT2D eigenvalue weighted by molar-refractivity contribution is 6.62. The second-order valence-corrected chi connectivity index (χ2v) is 7.47. The number of ether oxygens (including phenoxy) is 2. The molecule has 0 saturated carbocycles. The molecule has 0 fully saturated rings. The molecule has 0 amide bonds. The number of carbonyl (C=O) groups is 2. The van der Waals surface area contributed by atoms with E-state index >= 15 is 0 Å². The van der Waals surface area contributed by atoms with E-state index in [0.29, 0.717) is 22.0 Å². The standard InChI is InChI=1S/C22H26ClNO4/c1-7-13(2)10-14(3)8-9-16-11-17-18(12-24-16)21(27-6)22(5,28-15(4)25)20(26)19(17)23/h8-13H,7H2,1-6H3. The van der Waals surface area contributed by atoms with Gasteiger partial charge >= 0.3 is 5.97 Å². The molecule has 6 heteroatoms. The van der Waals surface area contributed by atoms with Crippen molar-refractivity contribution in [1.82, 2.24) is 4.98 Å². The molecule has 2 atom stereocenters. The number of Topliss-reactive ketones (excluding diaryl/α,β-unsaturated/α-hetero) is 1. The van der Waals surface area contributed by atoms with E-state index in [1.54, 1.807) is 12.3 Å². The molecule has 2 rings (SSSR count). The Labute approximate surface area is 170 Å². The number of halogens is 1. The summed E-state index contributed by atoms with van der Waals surface area (Å²) in [6.45, 7) is 9.04. The minimum atomic E-state index is -1.61. The van der Waals surface area contributed by atoms with E-state index in [1.165, 1.54) is 21.0 Å². The fourth-order valence-corrected chi connectivity index (χ4v) is 3.48. The fraction of sp³-hybridized carbons (Fsp3) is 0.409. The van der Waals surface area contributed by atoms with Crippen molar-refractivity contribution in [3.63, 3.8) is 0 Å². The molecule has 1 heterocycles. The van der Waals surface area contributed by atoms with Gasteiger partial charge in [0.1, 0.15) is 0 Å². The zero-order valence-electron chi connectivity index (χ0n) is 17.1. The lowest BCUT2D eigenvalue weighted by Crippen LogP contribution is -2.52. The molecule has 1 aliphatic rings. The number of methoxy groups -OCH3 is 1. The van der Waals surface area contributed by atoms with Gasteiger partial charge in [0, 0.05) is 23.6 Å². The average molecular weight is 404 g/mol. The Morgan fingerprint density at radius 1 is 1.36 bits per heavy atom. The number of carbonyl (C=O) groups excluding carboxylic acids is 2. The first-order chi connectivity index (χ1) is 13.1. The number of fused-ring (bicyclic) bond motifs is 1. The molecule has 1 aromatic rings. The van der Waals surface area contributed by atoms with Crippen LogP contribution < -0.4 is 10.4 Å². The van der Waals surface area contributed by atoms with E-state index in [4.69, 9.17) is 21.1 Å². The fourth-order valence-electron chi connectivity index (χ4n) is 3.14. The van der Waals surface area contributed by atoms with Crippen molar-refractivity contribution in [2.75, 3.05) is 7.11 Å². The van der Waals surface area contributed by atoms with E-state index in [0.717, 1.165) is 12.0 Å². The van der Waals surface area contributed by atoms with Gasteiger partial charge in [0.05, 0.1) is 17.8 Å². The van der Waals surface area contributed by atoms with Gasteiger partial charge in [-0.05, 0) is 31.9 Å². The molecule has 2 unspecified atom stereocenters. The maximum atomic E-state index is 12.9. The highest BCUT2D eigenvalue weighted by Crippen LogP contribution is 2.30. The molecule has 5 nitrogen and oxygen atoms in total. The van der Waals surface area contributed by atoms with E-state index in [-0.39, 0.29) is 10.8 Å². The first-order valence-electron chi connectivity index (χ1n) is 9.19. The number of hydrogen-bond acceptors (Lipinski definition) is 5. The van der Waals surface area contributed by atoms with Crippen molar-refractivity contribution in [2.45, 2.75) is 46.6 Å². The average Bonchev–Trinajstić information content (AvgIpc) is 2.64. The molecule has 0 spiro atoms. The third-order valence-electron chi connectivity index (χ3n) is 4.73. The molecule has 0 N–H and O–H groups in total. The summed E-state index contributed by atoms with van der Waals surface area (Å²) in [5.41, 5.74) is 0.180. The zero-order valence-corrected chi connectivity index (χ0v) is 17.9. The lowest BCUT2D eigenvalue weighted by molar-refractivity contribution is -0.157. The largest absolute Gasteiger partial charge is 0.496 e. The van der Waals surface area contributed by atoms with Crippen molar-refractivity contribution in [3.05, 3.63) is 46.1 Å². The van der Waals surface area contributed by atoms with Gasteiger partial charge in [-0.3, -0.25) is 14.6 Å². The van der Waals surface area contributed by atoms with Gasteiger partial charge in [-0.2, -0.15) is 0 Å². The van der Waals surface area contributed by atoms with Crippen LogP contribution in [0.25, 0.3) is 16.9 Å². The Hall–Kier alpha value is -2.40. The number of rotatable bonds is 6. The summed E-state index contributed by atoms with van der Waals surface area (Å²) in [7, 11) is 1.42. The predicted molar refractivity (Wildman–Crippen MR) is 111 cm³/mol. The molecule has 0 bridgehead atoms. The van der Waals surface area contributed by atoms with Crippen molar-refractivity contribution in [2.24, 2.45) is 5.92 Å². The number of ketones is 1. The summed E-state index contributed by atoms with van der Waals surface area (Å²) in [6, 6.07) is 1.73. The topological polar surface area (TPSA) is 65.5 Å². The third kappa shape index (κ3) is 4.36. The molecule has 28 heavy (non-hydrogen) atoms. The van der Waals surface area contributed by atoms with Crippen molar-refractivity contribution in [3.8, 4) is 0 Å². The minimum absolute atomic E-state index is 0.0107. The van der Waals surface area contributed by atoms with E-state index in [1.807, 2.05) is 19.1 Å². The summed E-state index contributed by atoms with van der Waals surface area (Å²) < 4.78 is 10.7. The van der Waals surface area contributed by atoms with Crippen molar-refractivity contribution in [1.29, 1.82) is 0 Å². The van der Waals surface area contributed by atoms with Gasteiger partial charge in [0.15, 0.2) is 5.76 Å². The van der Waals surface area contributed by atoms with Crippen LogP contribution >= 0.6 is 11.6 Å². The van der Waals surface area contributed by atoms with Gasteiger partial charge in [-0.25, -0.2) is 0 Å². The zero-order chi connectivity index (χ0) is 21.1. The van der Waals surface area contributed by atoms with Gasteiger partial charge < -0.3 is 9.47 Å². The summed E-state index contributed by atoms with van der Waals surface area (Å²) >= 11 is 6.35. The number of nitrogens with zero attached hydrogens (tertiary/aromatic N) is 1.